The number of anilines is 2. The maximum atomic E-state index is 12.1. The molecule has 0 atom stereocenters. The van der Waals surface area contributed by atoms with Crippen molar-refractivity contribution in [2.24, 2.45) is 0 Å². The van der Waals surface area contributed by atoms with E-state index >= 15 is 0 Å². The van der Waals surface area contributed by atoms with Crippen molar-refractivity contribution in [3.63, 3.8) is 0 Å². The van der Waals surface area contributed by atoms with Gasteiger partial charge in [-0.05, 0) is 18.2 Å². The smallest absolute Gasteiger partial charge is 0.225 e. The molecule has 0 unspecified atom stereocenters. The molecule has 0 aliphatic rings. The van der Waals surface area contributed by atoms with Crippen molar-refractivity contribution < 1.29 is 9.59 Å². The van der Waals surface area contributed by atoms with Gasteiger partial charge in [0.25, 0.3) is 0 Å². The summed E-state index contributed by atoms with van der Waals surface area (Å²) in [5.74, 6) is 1.26. The number of carbonyl (C=O) groups excluding carboxylic acids is 2. The highest BCUT2D eigenvalue weighted by Gasteiger charge is 2.11. The Balaban J connectivity index is 1.87. The highest BCUT2D eigenvalue weighted by Crippen LogP contribution is 2.19. The molecule has 26 heavy (non-hydrogen) atoms. The number of rotatable bonds is 9. The summed E-state index contributed by atoms with van der Waals surface area (Å²) in [6.07, 6.45) is 2.95. The lowest BCUT2D eigenvalue weighted by Crippen LogP contribution is -2.13. The number of hydrogen-bond donors (Lipinski definition) is 2. The van der Waals surface area contributed by atoms with Crippen molar-refractivity contribution in [2.45, 2.75) is 38.4 Å². The number of nitrogens with zero attached hydrogens (tertiary/aromatic N) is 3. The van der Waals surface area contributed by atoms with Gasteiger partial charge >= 0.3 is 0 Å². The number of carbonyl (C=O) groups is 2. The number of benzene rings is 1. The van der Waals surface area contributed by atoms with E-state index in [4.69, 9.17) is 0 Å². The second-order valence-corrected chi connectivity index (χ2v) is 6.62. The van der Waals surface area contributed by atoms with E-state index in [1.54, 1.807) is 30.3 Å². The lowest BCUT2D eigenvalue weighted by atomic mass is 10.2. The minimum atomic E-state index is -0.153. The van der Waals surface area contributed by atoms with Crippen molar-refractivity contribution in [3.8, 4) is 0 Å². The van der Waals surface area contributed by atoms with Crippen LogP contribution in [0.5, 0.6) is 0 Å². The summed E-state index contributed by atoms with van der Waals surface area (Å²) in [7, 11) is 0. The molecule has 2 aromatic rings. The Hall–Kier alpha value is -2.61. The molecule has 7 nitrogen and oxygen atoms in total. The van der Waals surface area contributed by atoms with Crippen LogP contribution in [-0.2, 0) is 22.6 Å². The fourth-order valence-corrected chi connectivity index (χ4v) is 3.24. The first-order valence-corrected chi connectivity index (χ1v) is 9.35. The van der Waals surface area contributed by atoms with Gasteiger partial charge in [0.1, 0.15) is 5.82 Å². The SMILES string of the molecule is C=CCn1c(CC)nnc1SCCC(=O)Nc1cccc(NC(C)=O)c1. The van der Waals surface area contributed by atoms with Gasteiger partial charge in [-0.1, -0.05) is 30.8 Å². The van der Waals surface area contributed by atoms with Crippen LogP contribution in [0.3, 0.4) is 0 Å². The maximum Gasteiger partial charge on any atom is 0.225 e. The number of aromatic nitrogens is 3. The fourth-order valence-electron chi connectivity index (χ4n) is 2.34. The normalized spacial score (nSPS) is 10.4. The third-order valence-electron chi connectivity index (χ3n) is 3.45. The molecular formula is C18H23N5O2S. The zero-order valence-corrected chi connectivity index (χ0v) is 15.8. The molecule has 0 radical (unpaired) electrons. The zero-order valence-electron chi connectivity index (χ0n) is 15.0. The van der Waals surface area contributed by atoms with Crippen LogP contribution in [0.1, 0.15) is 26.1 Å². The third-order valence-corrected chi connectivity index (χ3v) is 4.42. The number of allylic oxidation sites excluding steroid dienone is 1. The van der Waals surface area contributed by atoms with Crippen LogP contribution in [0.15, 0.2) is 42.1 Å². The molecule has 0 saturated carbocycles. The predicted molar refractivity (Wildman–Crippen MR) is 104 cm³/mol. The molecule has 0 spiro atoms. The monoisotopic (exact) mass is 373 g/mol. The molecular weight excluding hydrogens is 350 g/mol. The number of thioether (sulfide) groups is 1. The van der Waals surface area contributed by atoms with Crippen LogP contribution < -0.4 is 10.6 Å². The quantitative estimate of drug-likeness (QED) is 0.521. The van der Waals surface area contributed by atoms with E-state index in [2.05, 4.69) is 27.4 Å². The molecule has 0 saturated heterocycles. The first kappa shape index (κ1) is 19.7. The van der Waals surface area contributed by atoms with Crippen molar-refractivity contribution in [3.05, 3.63) is 42.7 Å². The van der Waals surface area contributed by atoms with E-state index in [9.17, 15) is 9.59 Å². The average molecular weight is 373 g/mol. The number of nitrogens with one attached hydrogen (secondary N) is 2. The first-order valence-electron chi connectivity index (χ1n) is 8.36. The lowest BCUT2D eigenvalue weighted by molar-refractivity contribution is -0.116. The summed E-state index contributed by atoms with van der Waals surface area (Å²) >= 11 is 1.50. The molecule has 1 aromatic carbocycles. The summed E-state index contributed by atoms with van der Waals surface area (Å²) < 4.78 is 2.01. The summed E-state index contributed by atoms with van der Waals surface area (Å²) in [5, 5.41) is 14.7. The first-order chi connectivity index (χ1) is 12.5. The summed E-state index contributed by atoms with van der Waals surface area (Å²) in [6.45, 7) is 7.88. The van der Waals surface area contributed by atoms with Crippen molar-refractivity contribution >= 4 is 35.0 Å². The van der Waals surface area contributed by atoms with Crippen LogP contribution >= 0.6 is 11.8 Å². The lowest BCUT2D eigenvalue weighted by Gasteiger charge is -2.08. The second kappa shape index (κ2) is 9.76. The third kappa shape index (κ3) is 5.73. The van der Waals surface area contributed by atoms with E-state index in [0.29, 0.717) is 30.1 Å². The Bertz CT molecular complexity index is 788. The van der Waals surface area contributed by atoms with Gasteiger partial charge in [-0.3, -0.25) is 9.59 Å². The van der Waals surface area contributed by atoms with Crippen LogP contribution in [0.2, 0.25) is 0 Å². The second-order valence-electron chi connectivity index (χ2n) is 5.56. The number of amides is 2. The Morgan fingerprint density at radius 1 is 1.27 bits per heavy atom. The molecule has 1 aromatic heterocycles. The van der Waals surface area contributed by atoms with E-state index in [0.717, 1.165) is 17.4 Å². The van der Waals surface area contributed by atoms with Crippen LogP contribution in [0.4, 0.5) is 11.4 Å². The zero-order chi connectivity index (χ0) is 18.9. The van der Waals surface area contributed by atoms with Crippen molar-refractivity contribution in [1.29, 1.82) is 0 Å². The van der Waals surface area contributed by atoms with Gasteiger partial charge in [0.2, 0.25) is 11.8 Å². The van der Waals surface area contributed by atoms with Gasteiger partial charge in [0.05, 0.1) is 0 Å². The Morgan fingerprint density at radius 2 is 2.00 bits per heavy atom. The number of aryl methyl sites for hydroxylation is 1. The van der Waals surface area contributed by atoms with Gasteiger partial charge in [-0.25, -0.2) is 0 Å². The minimum Gasteiger partial charge on any atom is -0.326 e. The molecule has 2 amide bonds. The standard InChI is InChI=1S/C18H23N5O2S/c1-4-10-23-16(5-2)21-22-18(23)26-11-9-17(25)20-15-8-6-7-14(12-15)19-13(3)24/h4,6-8,12H,1,5,9-11H2,2-3H3,(H,19,24)(H,20,25). The van der Waals surface area contributed by atoms with Gasteiger partial charge in [0.15, 0.2) is 5.16 Å². The van der Waals surface area contributed by atoms with E-state index < -0.39 is 0 Å². The number of hydrogen-bond acceptors (Lipinski definition) is 5. The van der Waals surface area contributed by atoms with Gasteiger partial charge < -0.3 is 15.2 Å². The Morgan fingerprint density at radius 3 is 2.65 bits per heavy atom. The van der Waals surface area contributed by atoms with E-state index in [-0.39, 0.29) is 11.8 Å². The van der Waals surface area contributed by atoms with E-state index in [1.807, 2.05) is 11.5 Å². The maximum absolute atomic E-state index is 12.1. The summed E-state index contributed by atoms with van der Waals surface area (Å²) in [6, 6.07) is 7.05. The molecule has 0 fully saturated rings. The van der Waals surface area contributed by atoms with Crippen molar-refractivity contribution in [1.82, 2.24) is 14.8 Å². The molecule has 138 valence electrons. The van der Waals surface area contributed by atoms with Crippen LogP contribution in [0, 0.1) is 0 Å². The van der Waals surface area contributed by atoms with Gasteiger partial charge in [-0.2, -0.15) is 0 Å². The Kier molecular flexibility index (Phi) is 7.40. The van der Waals surface area contributed by atoms with Gasteiger partial charge in [0, 0.05) is 43.4 Å². The van der Waals surface area contributed by atoms with E-state index in [1.165, 1.54) is 18.7 Å². The van der Waals surface area contributed by atoms with Crippen LogP contribution in [-0.4, -0.2) is 32.3 Å². The van der Waals surface area contributed by atoms with Crippen molar-refractivity contribution in [2.75, 3.05) is 16.4 Å². The largest absolute Gasteiger partial charge is 0.326 e. The summed E-state index contributed by atoms with van der Waals surface area (Å²) in [4.78, 5) is 23.2. The average Bonchev–Trinajstić information content (AvgIpc) is 2.97. The molecule has 0 bridgehead atoms. The van der Waals surface area contributed by atoms with Crippen LogP contribution in [0.25, 0.3) is 0 Å². The fraction of sp³-hybridized carbons (Fsp3) is 0.333. The Labute approximate surface area is 157 Å². The molecule has 8 heteroatoms. The molecule has 1 heterocycles. The van der Waals surface area contributed by atoms with Gasteiger partial charge in [-0.15, -0.1) is 16.8 Å². The highest BCUT2D eigenvalue weighted by atomic mass is 32.2. The topological polar surface area (TPSA) is 88.9 Å². The molecule has 2 N–H and O–H groups in total. The summed E-state index contributed by atoms with van der Waals surface area (Å²) in [5.41, 5.74) is 1.30. The molecule has 2 rings (SSSR count). The minimum absolute atomic E-state index is 0.0945. The highest BCUT2D eigenvalue weighted by molar-refractivity contribution is 7.99. The molecule has 0 aliphatic heterocycles. The predicted octanol–water partition coefficient (Wildman–Crippen LogP) is 3.11. The molecule has 0 aliphatic carbocycles.